The molecule has 0 spiro atoms. The monoisotopic (exact) mass is 231 g/mol. The Balaban J connectivity index is 3.96. The summed E-state index contributed by atoms with van der Waals surface area (Å²) in [6.07, 6.45) is 4.89. The Kier molecular flexibility index (Phi) is 7.72. The molecule has 0 rings (SSSR count). The van der Waals surface area contributed by atoms with E-state index >= 15 is 0 Å². The molecule has 0 aromatic heterocycles. The van der Waals surface area contributed by atoms with Gasteiger partial charge in [0.1, 0.15) is 0 Å². The Bertz CT molecular complexity index is 149. The van der Waals surface area contributed by atoms with Gasteiger partial charge in [-0.1, -0.05) is 34.6 Å². The average Bonchev–Trinajstić information content (AvgIpc) is 2.08. The van der Waals surface area contributed by atoms with Crippen LogP contribution >= 0.6 is 11.8 Å². The highest BCUT2D eigenvalue weighted by molar-refractivity contribution is 7.98. The molecule has 0 saturated carbocycles. The molecule has 1 nitrogen and oxygen atoms in total. The first-order valence-corrected chi connectivity index (χ1v) is 7.49. The predicted molar refractivity (Wildman–Crippen MR) is 73.7 cm³/mol. The summed E-state index contributed by atoms with van der Waals surface area (Å²) in [4.78, 5) is 0. The topological polar surface area (TPSA) is 12.0 Å². The van der Waals surface area contributed by atoms with Crippen LogP contribution in [0.3, 0.4) is 0 Å². The summed E-state index contributed by atoms with van der Waals surface area (Å²) in [5.41, 5.74) is 0.431. The standard InChI is InChI=1S/C13H29NS/c1-11(2)14-10-12(13(3,4)5)8-7-9-15-6/h11-12,14H,7-10H2,1-6H3. The SMILES string of the molecule is CSCCCC(CNC(C)C)C(C)(C)C. The van der Waals surface area contributed by atoms with Gasteiger partial charge in [-0.25, -0.2) is 0 Å². The van der Waals surface area contributed by atoms with Crippen molar-refractivity contribution >= 4 is 11.8 Å². The molecule has 0 aliphatic heterocycles. The number of nitrogens with one attached hydrogen (secondary N) is 1. The highest BCUT2D eigenvalue weighted by Gasteiger charge is 2.23. The van der Waals surface area contributed by atoms with E-state index in [1.54, 1.807) is 0 Å². The molecular weight excluding hydrogens is 202 g/mol. The van der Waals surface area contributed by atoms with Crippen LogP contribution in [0.15, 0.2) is 0 Å². The highest BCUT2D eigenvalue weighted by Crippen LogP contribution is 2.29. The van der Waals surface area contributed by atoms with Crippen LogP contribution in [-0.2, 0) is 0 Å². The van der Waals surface area contributed by atoms with Crippen LogP contribution in [-0.4, -0.2) is 24.6 Å². The Morgan fingerprint density at radius 2 is 1.80 bits per heavy atom. The molecule has 0 aromatic carbocycles. The smallest absolute Gasteiger partial charge is 0.00104 e. The van der Waals surface area contributed by atoms with E-state index in [1.807, 2.05) is 11.8 Å². The summed E-state index contributed by atoms with van der Waals surface area (Å²) >= 11 is 1.96. The number of rotatable bonds is 7. The summed E-state index contributed by atoms with van der Waals surface area (Å²) in [6, 6.07) is 0.607. The van der Waals surface area contributed by atoms with Gasteiger partial charge in [-0.3, -0.25) is 0 Å². The second-order valence-corrected chi connectivity index (χ2v) is 6.75. The normalized spacial score (nSPS) is 14.6. The van der Waals surface area contributed by atoms with Crippen molar-refractivity contribution in [2.75, 3.05) is 18.6 Å². The lowest BCUT2D eigenvalue weighted by Gasteiger charge is -2.31. The zero-order valence-corrected chi connectivity index (χ0v) is 12.2. The first-order valence-electron chi connectivity index (χ1n) is 6.10. The molecule has 0 amide bonds. The lowest BCUT2D eigenvalue weighted by atomic mass is 9.78. The van der Waals surface area contributed by atoms with Crippen molar-refractivity contribution in [1.29, 1.82) is 0 Å². The van der Waals surface area contributed by atoms with Gasteiger partial charge in [-0.05, 0) is 42.7 Å². The summed E-state index contributed by atoms with van der Waals surface area (Å²) in [7, 11) is 0. The van der Waals surface area contributed by atoms with E-state index in [0.29, 0.717) is 11.5 Å². The van der Waals surface area contributed by atoms with Crippen LogP contribution in [0.4, 0.5) is 0 Å². The Morgan fingerprint density at radius 3 is 2.20 bits per heavy atom. The van der Waals surface area contributed by atoms with Gasteiger partial charge in [-0.15, -0.1) is 0 Å². The molecule has 15 heavy (non-hydrogen) atoms. The van der Waals surface area contributed by atoms with Crippen LogP contribution in [0.1, 0.15) is 47.5 Å². The van der Waals surface area contributed by atoms with Gasteiger partial charge in [0.15, 0.2) is 0 Å². The first kappa shape index (κ1) is 15.3. The van der Waals surface area contributed by atoms with Gasteiger partial charge in [0, 0.05) is 6.04 Å². The van der Waals surface area contributed by atoms with E-state index in [1.165, 1.54) is 18.6 Å². The van der Waals surface area contributed by atoms with E-state index in [2.05, 4.69) is 46.2 Å². The van der Waals surface area contributed by atoms with Crippen LogP contribution < -0.4 is 5.32 Å². The van der Waals surface area contributed by atoms with Crippen LogP contribution in [0.5, 0.6) is 0 Å². The molecule has 0 aliphatic carbocycles. The van der Waals surface area contributed by atoms with Crippen molar-refractivity contribution in [2.45, 2.75) is 53.5 Å². The minimum Gasteiger partial charge on any atom is -0.314 e. The molecule has 0 bridgehead atoms. The molecule has 1 N–H and O–H groups in total. The Morgan fingerprint density at radius 1 is 1.20 bits per heavy atom. The highest BCUT2D eigenvalue weighted by atomic mass is 32.2. The molecule has 2 heteroatoms. The van der Waals surface area contributed by atoms with Gasteiger partial charge < -0.3 is 5.32 Å². The fourth-order valence-corrected chi connectivity index (χ4v) is 2.15. The van der Waals surface area contributed by atoms with E-state index in [9.17, 15) is 0 Å². The fourth-order valence-electron chi connectivity index (χ4n) is 1.69. The molecule has 0 radical (unpaired) electrons. The lowest BCUT2D eigenvalue weighted by molar-refractivity contribution is 0.213. The minimum atomic E-state index is 0.431. The molecule has 0 fully saturated rings. The molecule has 0 aliphatic rings. The van der Waals surface area contributed by atoms with Crippen LogP contribution in [0.2, 0.25) is 0 Å². The number of hydrogen-bond donors (Lipinski definition) is 1. The van der Waals surface area contributed by atoms with E-state index in [-0.39, 0.29) is 0 Å². The van der Waals surface area contributed by atoms with E-state index in [4.69, 9.17) is 0 Å². The summed E-state index contributed by atoms with van der Waals surface area (Å²) in [5.74, 6) is 2.10. The molecular formula is C13H29NS. The van der Waals surface area contributed by atoms with Gasteiger partial charge in [0.2, 0.25) is 0 Å². The molecule has 0 heterocycles. The van der Waals surface area contributed by atoms with Crippen molar-refractivity contribution < 1.29 is 0 Å². The van der Waals surface area contributed by atoms with Crippen molar-refractivity contribution in [3.05, 3.63) is 0 Å². The molecule has 0 saturated heterocycles. The maximum absolute atomic E-state index is 3.57. The average molecular weight is 231 g/mol. The van der Waals surface area contributed by atoms with E-state index < -0.39 is 0 Å². The lowest BCUT2D eigenvalue weighted by Crippen LogP contribution is -2.35. The molecule has 1 unspecified atom stereocenters. The predicted octanol–water partition coefficient (Wildman–Crippen LogP) is 3.79. The first-order chi connectivity index (χ1) is 6.88. The number of thioether (sulfide) groups is 1. The second kappa shape index (κ2) is 7.56. The van der Waals surface area contributed by atoms with Gasteiger partial charge >= 0.3 is 0 Å². The van der Waals surface area contributed by atoms with Gasteiger partial charge in [0.25, 0.3) is 0 Å². The van der Waals surface area contributed by atoms with Crippen molar-refractivity contribution in [2.24, 2.45) is 11.3 Å². The molecule has 0 aromatic rings. The van der Waals surface area contributed by atoms with Crippen molar-refractivity contribution in [1.82, 2.24) is 5.32 Å². The van der Waals surface area contributed by atoms with Gasteiger partial charge in [0.05, 0.1) is 0 Å². The summed E-state index contributed by atoms with van der Waals surface area (Å²) < 4.78 is 0. The Labute approximate surface area is 101 Å². The maximum atomic E-state index is 3.57. The van der Waals surface area contributed by atoms with E-state index in [0.717, 1.165) is 12.5 Å². The third-order valence-corrected chi connectivity index (χ3v) is 3.60. The molecule has 1 atom stereocenters. The van der Waals surface area contributed by atoms with Crippen LogP contribution in [0.25, 0.3) is 0 Å². The second-order valence-electron chi connectivity index (χ2n) is 5.76. The Hall–Kier alpha value is 0.310. The minimum absolute atomic E-state index is 0.431. The third kappa shape index (κ3) is 8.15. The van der Waals surface area contributed by atoms with Crippen molar-refractivity contribution in [3.8, 4) is 0 Å². The summed E-state index contributed by atoms with van der Waals surface area (Å²) in [5, 5.41) is 3.57. The summed E-state index contributed by atoms with van der Waals surface area (Å²) in [6.45, 7) is 12.7. The number of hydrogen-bond acceptors (Lipinski definition) is 2. The maximum Gasteiger partial charge on any atom is 0.00104 e. The van der Waals surface area contributed by atoms with Crippen molar-refractivity contribution in [3.63, 3.8) is 0 Å². The quantitative estimate of drug-likeness (QED) is 0.669. The largest absolute Gasteiger partial charge is 0.314 e. The fraction of sp³-hybridized carbons (Fsp3) is 1.00. The molecule has 92 valence electrons. The zero-order valence-electron chi connectivity index (χ0n) is 11.4. The third-order valence-electron chi connectivity index (χ3n) is 2.90. The zero-order chi connectivity index (χ0) is 11.9. The van der Waals surface area contributed by atoms with Crippen LogP contribution in [0, 0.1) is 11.3 Å². The van der Waals surface area contributed by atoms with Gasteiger partial charge in [-0.2, -0.15) is 11.8 Å².